The number of rotatable bonds is 5. The van der Waals surface area contributed by atoms with E-state index in [-0.39, 0.29) is 6.04 Å². The summed E-state index contributed by atoms with van der Waals surface area (Å²) in [5.41, 5.74) is 0. The second-order valence-electron chi connectivity index (χ2n) is 6.20. The second-order valence-corrected chi connectivity index (χ2v) is 6.61. The van der Waals surface area contributed by atoms with Crippen LogP contribution in [-0.2, 0) is 0 Å². The van der Waals surface area contributed by atoms with Crippen LogP contribution in [0.5, 0.6) is 5.75 Å². The van der Waals surface area contributed by atoms with Crippen LogP contribution < -0.4 is 4.74 Å². The Kier molecular flexibility index (Phi) is 5.18. The number of H-pyrrole nitrogens is 1. The summed E-state index contributed by atoms with van der Waals surface area (Å²) in [7, 11) is 0. The molecule has 0 saturated carbocycles. The van der Waals surface area contributed by atoms with Crippen LogP contribution in [0.15, 0.2) is 24.3 Å². The van der Waals surface area contributed by atoms with Crippen LogP contribution in [0.25, 0.3) is 0 Å². The largest absolute Gasteiger partial charge is 0.492 e. The molecule has 5 nitrogen and oxygen atoms in total. The number of hydrogen-bond donors (Lipinski definition) is 1. The van der Waals surface area contributed by atoms with Gasteiger partial charge in [0.05, 0.1) is 17.7 Å². The summed E-state index contributed by atoms with van der Waals surface area (Å²) in [4.78, 5) is 6.90. The number of ether oxygens (including phenoxy) is 1. The van der Waals surface area contributed by atoms with E-state index in [1.165, 1.54) is 12.8 Å². The van der Waals surface area contributed by atoms with Crippen molar-refractivity contribution >= 4 is 11.6 Å². The van der Waals surface area contributed by atoms with Crippen LogP contribution in [0.2, 0.25) is 5.02 Å². The maximum absolute atomic E-state index is 6.15. The van der Waals surface area contributed by atoms with E-state index in [1.54, 1.807) is 0 Å². The molecule has 2 atom stereocenters. The number of benzene rings is 1. The Hall–Kier alpha value is -1.59. The summed E-state index contributed by atoms with van der Waals surface area (Å²) >= 11 is 6.15. The third kappa shape index (κ3) is 4.03. The second kappa shape index (κ2) is 7.32. The summed E-state index contributed by atoms with van der Waals surface area (Å²) in [6.45, 7) is 6.87. The molecule has 0 radical (unpaired) electrons. The minimum absolute atomic E-state index is 0.225. The highest BCUT2D eigenvalue weighted by Crippen LogP contribution is 2.27. The first kappa shape index (κ1) is 16.3. The zero-order valence-electron chi connectivity index (χ0n) is 13.6. The van der Waals surface area contributed by atoms with Crippen LogP contribution in [0.1, 0.15) is 37.5 Å². The molecule has 0 spiro atoms. The summed E-state index contributed by atoms with van der Waals surface area (Å²) in [5.74, 6) is 3.00. The zero-order chi connectivity index (χ0) is 16.2. The lowest BCUT2D eigenvalue weighted by atomic mass is 9.97. The van der Waals surface area contributed by atoms with Crippen LogP contribution >= 0.6 is 11.6 Å². The predicted octanol–water partition coefficient (Wildman–Crippen LogP) is 3.62. The fourth-order valence-electron chi connectivity index (χ4n) is 3.06. The molecular weight excluding hydrogens is 312 g/mol. The first-order valence-electron chi connectivity index (χ1n) is 8.13. The standard InChI is InChI=1S/C17H23ClN4O/c1-12(17-19-13(2)20-21-17)22-9-5-6-14(10-22)11-23-16-8-4-3-7-15(16)18/h3-4,7-8,12,14H,5-6,9-11H2,1-2H3,(H,19,20,21). The van der Waals surface area contributed by atoms with Crippen LogP contribution in [0.4, 0.5) is 0 Å². The van der Waals surface area contributed by atoms with Crippen molar-refractivity contribution in [3.63, 3.8) is 0 Å². The highest BCUT2D eigenvalue weighted by atomic mass is 35.5. The smallest absolute Gasteiger partial charge is 0.167 e. The first-order valence-corrected chi connectivity index (χ1v) is 8.51. The molecule has 1 saturated heterocycles. The predicted molar refractivity (Wildman–Crippen MR) is 90.8 cm³/mol. The van der Waals surface area contributed by atoms with Gasteiger partial charge in [-0.25, -0.2) is 4.98 Å². The number of likely N-dealkylation sites (tertiary alicyclic amines) is 1. The number of hydrogen-bond acceptors (Lipinski definition) is 4. The quantitative estimate of drug-likeness (QED) is 0.907. The molecule has 1 aromatic carbocycles. The molecule has 1 aromatic heterocycles. The lowest BCUT2D eigenvalue weighted by Gasteiger charge is -2.35. The van der Waals surface area contributed by atoms with Crippen molar-refractivity contribution in [1.82, 2.24) is 20.1 Å². The van der Waals surface area contributed by atoms with Gasteiger partial charge in [-0.05, 0) is 45.4 Å². The van der Waals surface area contributed by atoms with E-state index in [1.807, 2.05) is 31.2 Å². The molecular formula is C17H23ClN4O. The topological polar surface area (TPSA) is 54.0 Å². The molecule has 0 bridgehead atoms. The van der Waals surface area contributed by atoms with Crippen LogP contribution in [0, 0.1) is 12.8 Å². The Morgan fingerprint density at radius 3 is 3.00 bits per heavy atom. The number of para-hydroxylation sites is 1. The van der Waals surface area contributed by atoms with Crippen molar-refractivity contribution in [1.29, 1.82) is 0 Å². The summed E-state index contributed by atoms with van der Waals surface area (Å²) in [5, 5.41) is 7.89. The van der Waals surface area contributed by atoms with Gasteiger partial charge in [-0.15, -0.1) is 0 Å². The lowest BCUT2D eigenvalue weighted by Crippen LogP contribution is -2.39. The monoisotopic (exact) mass is 334 g/mol. The molecule has 124 valence electrons. The fourth-order valence-corrected chi connectivity index (χ4v) is 3.25. The number of nitrogens with zero attached hydrogens (tertiary/aromatic N) is 3. The molecule has 1 aliphatic rings. The van der Waals surface area contributed by atoms with Gasteiger partial charge in [-0.2, -0.15) is 5.10 Å². The molecule has 2 unspecified atom stereocenters. The highest BCUT2D eigenvalue weighted by Gasteiger charge is 2.26. The average Bonchev–Trinajstić information content (AvgIpc) is 3.00. The number of aromatic amines is 1. The van der Waals surface area contributed by atoms with Crippen LogP contribution in [0.3, 0.4) is 0 Å². The Morgan fingerprint density at radius 1 is 1.43 bits per heavy atom. The van der Waals surface area contributed by atoms with E-state index in [0.717, 1.165) is 30.5 Å². The minimum Gasteiger partial charge on any atom is -0.492 e. The molecule has 23 heavy (non-hydrogen) atoms. The van der Waals surface area contributed by atoms with Gasteiger partial charge in [0, 0.05) is 12.5 Å². The summed E-state index contributed by atoms with van der Waals surface area (Å²) < 4.78 is 5.92. The van der Waals surface area contributed by atoms with Gasteiger partial charge < -0.3 is 4.74 Å². The Bertz CT molecular complexity index is 645. The van der Waals surface area contributed by atoms with Crippen molar-refractivity contribution in [3.8, 4) is 5.75 Å². The lowest BCUT2D eigenvalue weighted by molar-refractivity contribution is 0.0977. The van der Waals surface area contributed by atoms with E-state index < -0.39 is 0 Å². The molecule has 2 heterocycles. The van der Waals surface area contributed by atoms with E-state index in [9.17, 15) is 0 Å². The van der Waals surface area contributed by atoms with E-state index >= 15 is 0 Å². The molecule has 6 heteroatoms. The first-order chi connectivity index (χ1) is 11.1. The number of aryl methyl sites for hydroxylation is 1. The number of nitrogens with one attached hydrogen (secondary N) is 1. The van der Waals surface area contributed by atoms with Crippen molar-refractivity contribution in [3.05, 3.63) is 40.9 Å². The maximum atomic E-state index is 6.15. The molecule has 0 amide bonds. The molecule has 1 aliphatic heterocycles. The van der Waals surface area contributed by atoms with Crippen molar-refractivity contribution in [2.24, 2.45) is 5.92 Å². The average molecular weight is 335 g/mol. The summed E-state index contributed by atoms with van der Waals surface area (Å²) in [6, 6.07) is 7.86. The molecule has 1 N–H and O–H groups in total. The van der Waals surface area contributed by atoms with Crippen molar-refractivity contribution in [2.45, 2.75) is 32.7 Å². The fraction of sp³-hybridized carbons (Fsp3) is 0.529. The normalized spacial score (nSPS) is 20.4. The summed E-state index contributed by atoms with van der Waals surface area (Å²) in [6.07, 6.45) is 2.35. The van der Waals surface area contributed by atoms with E-state index in [4.69, 9.17) is 16.3 Å². The Labute approximate surface area is 142 Å². The SMILES string of the molecule is Cc1nc(C(C)N2CCCC(COc3ccccc3Cl)C2)n[nH]1. The minimum atomic E-state index is 0.225. The number of aromatic nitrogens is 3. The van der Waals surface area contributed by atoms with Gasteiger partial charge in [0.15, 0.2) is 5.82 Å². The van der Waals surface area contributed by atoms with Crippen molar-refractivity contribution in [2.75, 3.05) is 19.7 Å². The van der Waals surface area contributed by atoms with Crippen LogP contribution in [-0.4, -0.2) is 39.8 Å². The third-order valence-corrected chi connectivity index (χ3v) is 4.71. The molecule has 2 aromatic rings. The van der Waals surface area contributed by atoms with Crippen molar-refractivity contribution < 1.29 is 4.74 Å². The number of piperidine rings is 1. The molecule has 3 rings (SSSR count). The van der Waals surface area contributed by atoms with E-state index in [2.05, 4.69) is 27.0 Å². The van der Waals surface area contributed by atoms with Gasteiger partial charge in [0.2, 0.25) is 0 Å². The molecule has 1 fully saturated rings. The maximum Gasteiger partial charge on any atom is 0.167 e. The Morgan fingerprint density at radius 2 is 2.26 bits per heavy atom. The third-order valence-electron chi connectivity index (χ3n) is 4.40. The highest BCUT2D eigenvalue weighted by molar-refractivity contribution is 6.32. The number of halogens is 1. The van der Waals surface area contributed by atoms with Gasteiger partial charge in [0.25, 0.3) is 0 Å². The van der Waals surface area contributed by atoms with Gasteiger partial charge >= 0.3 is 0 Å². The molecule has 0 aliphatic carbocycles. The van der Waals surface area contributed by atoms with Gasteiger partial charge in [0.1, 0.15) is 11.6 Å². The van der Waals surface area contributed by atoms with E-state index in [0.29, 0.717) is 17.5 Å². The van der Waals surface area contributed by atoms with Gasteiger partial charge in [-0.3, -0.25) is 10.00 Å². The Balaban J connectivity index is 1.57. The van der Waals surface area contributed by atoms with Gasteiger partial charge in [-0.1, -0.05) is 23.7 Å². The zero-order valence-corrected chi connectivity index (χ0v) is 14.4.